The molecule has 0 bridgehead atoms. The molecule has 19 heavy (non-hydrogen) atoms. The number of amides is 1. The standard InChI is InChI=1S/C12H11FN4OS/c1-17-6-7(5-15-17)12(18)16-8-2-3-10(13)9(4-8)11(14)19/h2-6H,1H3,(H2,14,19)(H,16,18). The maximum atomic E-state index is 13.4. The van der Waals surface area contributed by atoms with Crippen LogP contribution >= 0.6 is 12.2 Å². The summed E-state index contributed by atoms with van der Waals surface area (Å²) < 4.78 is 14.9. The van der Waals surface area contributed by atoms with Gasteiger partial charge in [-0.05, 0) is 18.2 Å². The first-order valence-corrected chi connectivity index (χ1v) is 5.77. The van der Waals surface area contributed by atoms with Gasteiger partial charge in [0.2, 0.25) is 0 Å². The maximum Gasteiger partial charge on any atom is 0.258 e. The van der Waals surface area contributed by atoms with E-state index in [4.69, 9.17) is 18.0 Å². The van der Waals surface area contributed by atoms with Gasteiger partial charge in [-0.1, -0.05) is 12.2 Å². The highest BCUT2D eigenvalue weighted by Gasteiger charge is 2.11. The van der Waals surface area contributed by atoms with Crippen molar-refractivity contribution < 1.29 is 9.18 Å². The molecule has 3 N–H and O–H groups in total. The predicted octanol–water partition coefficient (Wildman–Crippen LogP) is 1.45. The van der Waals surface area contributed by atoms with E-state index in [9.17, 15) is 9.18 Å². The summed E-state index contributed by atoms with van der Waals surface area (Å²) in [7, 11) is 1.71. The highest BCUT2D eigenvalue weighted by Crippen LogP contribution is 2.15. The van der Waals surface area contributed by atoms with Crippen LogP contribution in [0.2, 0.25) is 0 Å². The number of nitrogens with two attached hydrogens (primary N) is 1. The van der Waals surface area contributed by atoms with Crippen molar-refractivity contribution in [1.29, 1.82) is 0 Å². The molecule has 0 aliphatic rings. The number of hydrogen-bond donors (Lipinski definition) is 2. The predicted molar refractivity (Wildman–Crippen MR) is 73.4 cm³/mol. The Morgan fingerprint density at radius 1 is 1.53 bits per heavy atom. The Morgan fingerprint density at radius 3 is 2.84 bits per heavy atom. The molecule has 0 aliphatic carbocycles. The lowest BCUT2D eigenvalue weighted by Gasteiger charge is -2.06. The molecular formula is C12H11FN4OS. The van der Waals surface area contributed by atoms with Crippen LogP contribution in [0.15, 0.2) is 30.6 Å². The number of anilines is 1. The van der Waals surface area contributed by atoms with Crippen LogP contribution in [0.4, 0.5) is 10.1 Å². The molecule has 0 saturated heterocycles. The van der Waals surface area contributed by atoms with Crippen LogP contribution in [0.5, 0.6) is 0 Å². The summed E-state index contributed by atoms with van der Waals surface area (Å²) in [4.78, 5) is 11.8. The summed E-state index contributed by atoms with van der Waals surface area (Å²) in [6, 6.07) is 4.03. The molecule has 1 amide bonds. The smallest absolute Gasteiger partial charge is 0.258 e. The number of benzene rings is 1. The number of aryl methyl sites for hydroxylation is 1. The first-order valence-electron chi connectivity index (χ1n) is 5.36. The lowest BCUT2D eigenvalue weighted by Crippen LogP contribution is -2.15. The Labute approximate surface area is 114 Å². The molecule has 98 valence electrons. The first kappa shape index (κ1) is 13.2. The zero-order valence-corrected chi connectivity index (χ0v) is 10.9. The van der Waals surface area contributed by atoms with Crippen molar-refractivity contribution in [2.75, 3.05) is 5.32 Å². The Balaban J connectivity index is 2.22. The number of aromatic nitrogens is 2. The molecule has 1 heterocycles. The van der Waals surface area contributed by atoms with Crippen molar-refractivity contribution in [3.05, 3.63) is 47.5 Å². The van der Waals surface area contributed by atoms with Crippen molar-refractivity contribution in [3.63, 3.8) is 0 Å². The van der Waals surface area contributed by atoms with E-state index in [1.54, 1.807) is 13.2 Å². The van der Waals surface area contributed by atoms with Gasteiger partial charge in [0.1, 0.15) is 10.8 Å². The molecule has 0 saturated carbocycles. The maximum absolute atomic E-state index is 13.4. The van der Waals surface area contributed by atoms with Crippen molar-refractivity contribution in [3.8, 4) is 0 Å². The third-order valence-electron chi connectivity index (χ3n) is 2.46. The van der Waals surface area contributed by atoms with E-state index >= 15 is 0 Å². The van der Waals surface area contributed by atoms with Crippen molar-refractivity contribution in [2.24, 2.45) is 12.8 Å². The second-order valence-electron chi connectivity index (χ2n) is 3.92. The van der Waals surface area contributed by atoms with E-state index in [0.717, 1.165) is 0 Å². The summed E-state index contributed by atoms with van der Waals surface area (Å²) in [6.07, 6.45) is 3.01. The topological polar surface area (TPSA) is 72.9 Å². The van der Waals surface area contributed by atoms with Crippen LogP contribution in [-0.2, 0) is 7.05 Å². The number of thiocarbonyl (C=S) groups is 1. The van der Waals surface area contributed by atoms with Crippen LogP contribution in [-0.4, -0.2) is 20.7 Å². The fraction of sp³-hybridized carbons (Fsp3) is 0.0833. The molecule has 1 aromatic heterocycles. The van der Waals surface area contributed by atoms with E-state index in [2.05, 4.69) is 10.4 Å². The van der Waals surface area contributed by atoms with Gasteiger partial charge in [0.25, 0.3) is 5.91 Å². The molecule has 0 unspecified atom stereocenters. The number of rotatable bonds is 3. The summed E-state index contributed by atoms with van der Waals surface area (Å²) >= 11 is 4.73. The van der Waals surface area contributed by atoms with E-state index < -0.39 is 5.82 Å². The van der Waals surface area contributed by atoms with Gasteiger partial charge in [0.05, 0.1) is 11.8 Å². The molecular weight excluding hydrogens is 267 g/mol. The second kappa shape index (κ2) is 5.15. The van der Waals surface area contributed by atoms with E-state index in [-0.39, 0.29) is 16.5 Å². The summed E-state index contributed by atoms with van der Waals surface area (Å²) in [5, 5.41) is 6.51. The lowest BCUT2D eigenvalue weighted by atomic mass is 10.2. The van der Waals surface area contributed by atoms with E-state index in [1.807, 2.05) is 0 Å². The summed E-state index contributed by atoms with van der Waals surface area (Å²) in [5.41, 5.74) is 6.31. The summed E-state index contributed by atoms with van der Waals surface area (Å²) in [5.74, 6) is -0.861. The number of nitrogens with one attached hydrogen (secondary N) is 1. The van der Waals surface area contributed by atoms with Crippen molar-refractivity contribution in [2.45, 2.75) is 0 Å². The Morgan fingerprint density at radius 2 is 2.26 bits per heavy atom. The van der Waals surface area contributed by atoms with Crippen molar-refractivity contribution in [1.82, 2.24) is 9.78 Å². The third-order valence-corrected chi connectivity index (χ3v) is 2.68. The Kier molecular flexibility index (Phi) is 3.57. The molecule has 2 rings (SSSR count). The van der Waals surface area contributed by atoms with E-state index in [0.29, 0.717) is 11.3 Å². The molecule has 5 nitrogen and oxygen atoms in total. The monoisotopic (exact) mass is 278 g/mol. The number of halogens is 1. The number of nitrogens with zero attached hydrogens (tertiary/aromatic N) is 2. The van der Waals surface area contributed by atoms with Gasteiger partial charge >= 0.3 is 0 Å². The van der Waals surface area contributed by atoms with Crippen LogP contribution in [0.1, 0.15) is 15.9 Å². The molecule has 1 aromatic carbocycles. The zero-order chi connectivity index (χ0) is 14.0. The largest absolute Gasteiger partial charge is 0.389 e. The lowest BCUT2D eigenvalue weighted by molar-refractivity contribution is 0.102. The van der Waals surface area contributed by atoms with E-state index in [1.165, 1.54) is 29.1 Å². The Hall–Kier alpha value is -2.28. The fourth-order valence-corrected chi connectivity index (χ4v) is 1.69. The van der Waals surface area contributed by atoms with Crippen LogP contribution < -0.4 is 11.1 Å². The molecule has 0 atom stereocenters. The number of carbonyl (C=O) groups is 1. The van der Waals surface area contributed by atoms with Gasteiger partial charge in [-0.3, -0.25) is 9.48 Å². The number of carbonyl (C=O) groups excluding carboxylic acids is 1. The van der Waals surface area contributed by atoms with Crippen LogP contribution in [0.3, 0.4) is 0 Å². The highest BCUT2D eigenvalue weighted by atomic mass is 32.1. The average molecular weight is 278 g/mol. The van der Waals surface area contributed by atoms with Gasteiger partial charge in [-0.25, -0.2) is 4.39 Å². The average Bonchev–Trinajstić information content (AvgIpc) is 2.78. The molecule has 2 aromatic rings. The van der Waals surface area contributed by atoms with Gasteiger partial charge in [-0.2, -0.15) is 5.10 Å². The second-order valence-corrected chi connectivity index (χ2v) is 4.36. The number of hydrogen-bond acceptors (Lipinski definition) is 3. The van der Waals surface area contributed by atoms with Gasteiger partial charge in [-0.15, -0.1) is 0 Å². The van der Waals surface area contributed by atoms with Gasteiger partial charge in [0, 0.05) is 24.5 Å². The van der Waals surface area contributed by atoms with Gasteiger partial charge < -0.3 is 11.1 Å². The summed E-state index contributed by atoms with van der Waals surface area (Å²) in [6.45, 7) is 0. The van der Waals surface area contributed by atoms with Crippen LogP contribution in [0, 0.1) is 5.82 Å². The minimum absolute atomic E-state index is 0.0602. The first-order chi connectivity index (χ1) is 8.97. The minimum Gasteiger partial charge on any atom is -0.389 e. The highest BCUT2D eigenvalue weighted by molar-refractivity contribution is 7.80. The molecule has 0 aliphatic heterocycles. The Bertz CT molecular complexity index is 653. The quantitative estimate of drug-likeness (QED) is 0.833. The zero-order valence-electron chi connectivity index (χ0n) is 10.1. The van der Waals surface area contributed by atoms with Crippen LogP contribution in [0.25, 0.3) is 0 Å². The fourth-order valence-electron chi connectivity index (χ4n) is 1.53. The third kappa shape index (κ3) is 2.94. The molecule has 0 fully saturated rings. The SMILES string of the molecule is Cn1cc(C(=O)Nc2ccc(F)c(C(N)=S)c2)cn1. The van der Waals surface area contributed by atoms with Gasteiger partial charge in [0.15, 0.2) is 0 Å². The molecule has 7 heteroatoms. The minimum atomic E-state index is -0.521. The van der Waals surface area contributed by atoms with Crippen molar-refractivity contribution >= 4 is 28.8 Å². The molecule has 0 radical (unpaired) electrons. The molecule has 0 spiro atoms. The normalized spacial score (nSPS) is 10.2.